The van der Waals surface area contributed by atoms with Crippen molar-refractivity contribution in [3.63, 3.8) is 0 Å². The van der Waals surface area contributed by atoms with E-state index in [0.29, 0.717) is 6.42 Å². The molecule has 1 saturated carbocycles. The number of nitrogens with two attached hydrogens (primary N) is 1. The van der Waals surface area contributed by atoms with Crippen molar-refractivity contribution in [2.45, 2.75) is 62.9 Å². The third-order valence-electron chi connectivity index (χ3n) is 4.44. The Morgan fingerprint density at radius 2 is 1.95 bits per heavy atom. The van der Waals surface area contributed by atoms with Gasteiger partial charge in [-0.2, -0.15) is 0 Å². The standard InChI is InChI=1S/C14H24N2O3/c1-19-12(17)10-11-6-2-5-9-16(11)13(18)14(15)7-3-4-8-14/h11H,2-10,15H2,1H3. The first-order chi connectivity index (χ1) is 9.07. The number of carbonyl (C=O) groups is 2. The zero-order valence-corrected chi connectivity index (χ0v) is 11.7. The van der Waals surface area contributed by atoms with E-state index in [0.717, 1.165) is 51.5 Å². The summed E-state index contributed by atoms with van der Waals surface area (Å²) in [4.78, 5) is 25.9. The highest BCUT2D eigenvalue weighted by Crippen LogP contribution is 2.32. The Kier molecular flexibility index (Phi) is 4.45. The summed E-state index contributed by atoms with van der Waals surface area (Å²) in [6.07, 6.45) is 6.81. The van der Waals surface area contributed by atoms with E-state index in [1.165, 1.54) is 7.11 Å². The molecule has 0 aromatic rings. The quantitative estimate of drug-likeness (QED) is 0.781. The van der Waals surface area contributed by atoms with Gasteiger partial charge in [0, 0.05) is 12.6 Å². The Morgan fingerprint density at radius 3 is 2.58 bits per heavy atom. The van der Waals surface area contributed by atoms with Crippen LogP contribution < -0.4 is 5.73 Å². The van der Waals surface area contributed by atoms with Gasteiger partial charge in [0.2, 0.25) is 5.91 Å². The number of esters is 1. The summed E-state index contributed by atoms with van der Waals surface area (Å²) in [5.41, 5.74) is 5.56. The highest BCUT2D eigenvalue weighted by atomic mass is 16.5. The molecule has 1 saturated heterocycles. The predicted molar refractivity (Wildman–Crippen MR) is 71.4 cm³/mol. The van der Waals surface area contributed by atoms with Crippen LogP contribution in [0.1, 0.15) is 51.4 Å². The normalized spacial score (nSPS) is 26.2. The van der Waals surface area contributed by atoms with Crippen molar-refractivity contribution in [1.82, 2.24) is 4.90 Å². The molecule has 2 aliphatic rings. The molecule has 0 aromatic heterocycles. The van der Waals surface area contributed by atoms with E-state index >= 15 is 0 Å². The zero-order valence-electron chi connectivity index (χ0n) is 11.7. The second-order valence-electron chi connectivity index (χ2n) is 5.79. The van der Waals surface area contributed by atoms with Crippen molar-refractivity contribution >= 4 is 11.9 Å². The SMILES string of the molecule is COC(=O)CC1CCCCN1C(=O)C1(N)CCCC1. The predicted octanol–water partition coefficient (Wildman–Crippen LogP) is 1.20. The molecule has 2 rings (SSSR count). The van der Waals surface area contributed by atoms with Crippen molar-refractivity contribution in [2.75, 3.05) is 13.7 Å². The zero-order chi connectivity index (χ0) is 13.9. The van der Waals surface area contributed by atoms with Gasteiger partial charge in [0.15, 0.2) is 0 Å². The van der Waals surface area contributed by atoms with Gasteiger partial charge in [-0.05, 0) is 32.1 Å². The van der Waals surface area contributed by atoms with E-state index in [-0.39, 0.29) is 17.9 Å². The highest BCUT2D eigenvalue weighted by molar-refractivity contribution is 5.87. The van der Waals surface area contributed by atoms with Crippen LogP contribution in [0.2, 0.25) is 0 Å². The molecule has 1 unspecified atom stereocenters. The fourth-order valence-corrected chi connectivity index (χ4v) is 3.26. The van der Waals surface area contributed by atoms with Crippen LogP contribution in [0, 0.1) is 0 Å². The van der Waals surface area contributed by atoms with Crippen LogP contribution in [0.25, 0.3) is 0 Å². The minimum absolute atomic E-state index is 0.0327. The van der Waals surface area contributed by atoms with Crippen molar-refractivity contribution in [3.05, 3.63) is 0 Å². The van der Waals surface area contributed by atoms with Crippen molar-refractivity contribution in [2.24, 2.45) is 5.73 Å². The maximum absolute atomic E-state index is 12.7. The average Bonchev–Trinajstić information content (AvgIpc) is 2.86. The summed E-state index contributed by atoms with van der Waals surface area (Å²) >= 11 is 0. The molecule has 0 aromatic carbocycles. The minimum atomic E-state index is -0.689. The van der Waals surface area contributed by atoms with E-state index in [1.54, 1.807) is 0 Å². The van der Waals surface area contributed by atoms with Crippen molar-refractivity contribution in [3.8, 4) is 0 Å². The van der Waals surface area contributed by atoms with Crippen LogP contribution in [0.15, 0.2) is 0 Å². The molecule has 1 heterocycles. The van der Waals surface area contributed by atoms with Crippen LogP contribution >= 0.6 is 0 Å². The third kappa shape index (κ3) is 3.08. The van der Waals surface area contributed by atoms with Crippen LogP contribution in [-0.4, -0.2) is 42.0 Å². The summed E-state index contributed by atoms with van der Waals surface area (Å²) in [6, 6.07) is -0.0327. The molecule has 1 atom stereocenters. The monoisotopic (exact) mass is 268 g/mol. The Bertz CT molecular complexity index is 351. The molecule has 5 heteroatoms. The van der Waals surface area contributed by atoms with Gasteiger partial charge in [-0.15, -0.1) is 0 Å². The fraction of sp³-hybridized carbons (Fsp3) is 0.857. The first-order valence-corrected chi connectivity index (χ1v) is 7.23. The molecule has 1 amide bonds. The van der Waals surface area contributed by atoms with Gasteiger partial charge in [-0.3, -0.25) is 9.59 Å². The van der Waals surface area contributed by atoms with E-state index in [2.05, 4.69) is 0 Å². The number of ether oxygens (including phenoxy) is 1. The number of methoxy groups -OCH3 is 1. The molecule has 0 radical (unpaired) electrons. The molecule has 0 spiro atoms. The second-order valence-corrected chi connectivity index (χ2v) is 5.79. The van der Waals surface area contributed by atoms with E-state index in [4.69, 9.17) is 10.5 Å². The summed E-state index contributed by atoms with van der Waals surface area (Å²) < 4.78 is 4.72. The second kappa shape index (κ2) is 5.90. The Hall–Kier alpha value is -1.10. The number of rotatable bonds is 3. The molecular formula is C14H24N2O3. The topological polar surface area (TPSA) is 72.6 Å². The molecule has 2 fully saturated rings. The number of likely N-dealkylation sites (tertiary alicyclic amines) is 1. The van der Waals surface area contributed by atoms with Gasteiger partial charge in [0.05, 0.1) is 19.1 Å². The fourth-order valence-electron chi connectivity index (χ4n) is 3.26. The molecule has 108 valence electrons. The molecule has 2 N–H and O–H groups in total. The Labute approximate surface area is 114 Å². The van der Waals surface area contributed by atoms with Gasteiger partial charge in [0.25, 0.3) is 0 Å². The minimum Gasteiger partial charge on any atom is -0.469 e. The van der Waals surface area contributed by atoms with Gasteiger partial charge < -0.3 is 15.4 Å². The van der Waals surface area contributed by atoms with Crippen molar-refractivity contribution < 1.29 is 14.3 Å². The highest BCUT2D eigenvalue weighted by Gasteiger charge is 2.42. The molecule has 19 heavy (non-hydrogen) atoms. The molecular weight excluding hydrogens is 244 g/mol. The summed E-state index contributed by atoms with van der Waals surface area (Å²) in [5.74, 6) is -0.208. The maximum Gasteiger partial charge on any atom is 0.307 e. The lowest BCUT2D eigenvalue weighted by atomic mass is 9.92. The molecule has 1 aliphatic carbocycles. The Balaban J connectivity index is 2.06. The number of hydrogen-bond acceptors (Lipinski definition) is 4. The van der Waals surface area contributed by atoms with E-state index in [9.17, 15) is 9.59 Å². The van der Waals surface area contributed by atoms with E-state index in [1.807, 2.05) is 4.90 Å². The maximum atomic E-state index is 12.7. The lowest BCUT2D eigenvalue weighted by molar-refractivity contribution is -0.146. The summed E-state index contributed by atoms with van der Waals surface area (Å²) in [5, 5.41) is 0. The molecule has 1 aliphatic heterocycles. The van der Waals surface area contributed by atoms with Crippen LogP contribution in [0.4, 0.5) is 0 Å². The first-order valence-electron chi connectivity index (χ1n) is 7.23. The van der Waals surface area contributed by atoms with Gasteiger partial charge in [-0.25, -0.2) is 0 Å². The smallest absolute Gasteiger partial charge is 0.307 e. The number of carbonyl (C=O) groups excluding carboxylic acids is 2. The van der Waals surface area contributed by atoms with E-state index < -0.39 is 5.54 Å². The third-order valence-corrected chi connectivity index (χ3v) is 4.44. The average molecular weight is 268 g/mol. The van der Waals surface area contributed by atoms with Gasteiger partial charge in [-0.1, -0.05) is 12.8 Å². The summed E-state index contributed by atoms with van der Waals surface area (Å²) in [6.45, 7) is 0.722. The number of hydrogen-bond donors (Lipinski definition) is 1. The van der Waals surface area contributed by atoms with Gasteiger partial charge >= 0.3 is 5.97 Å². The van der Waals surface area contributed by atoms with Crippen LogP contribution in [0.5, 0.6) is 0 Å². The molecule has 5 nitrogen and oxygen atoms in total. The lowest BCUT2D eigenvalue weighted by Gasteiger charge is -2.39. The van der Waals surface area contributed by atoms with Crippen molar-refractivity contribution in [1.29, 1.82) is 0 Å². The Morgan fingerprint density at radius 1 is 1.26 bits per heavy atom. The van der Waals surface area contributed by atoms with Gasteiger partial charge in [0.1, 0.15) is 0 Å². The molecule has 0 bridgehead atoms. The number of piperidine rings is 1. The lowest BCUT2D eigenvalue weighted by Crippen LogP contribution is -2.57. The summed E-state index contributed by atoms with van der Waals surface area (Å²) in [7, 11) is 1.39. The van der Waals surface area contributed by atoms with Crippen LogP contribution in [-0.2, 0) is 14.3 Å². The number of amides is 1. The largest absolute Gasteiger partial charge is 0.469 e. The number of nitrogens with zero attached hydrogens (tertiary/aromatic N) is 1. The van der Waals surface area contributed by atoms with Crippen LogP contribution in [0.3, 0.4) is 0 Å². The first kappa shape index (κ1) is 14.3.